The van der Waals surface area contributed by atoms with E-state index in [0.29, 0.717) is 12.8 Å². The number of phenolic OH excluding ortho intramolecular Hbond substituents is 1. The van der Waals surface area contributed by atoms with Crippen LogP contribution in [-0.2, 0) is 49.0 Å². The third-order valence-electron chi connectivity index (χ3n) is 6.85. The van der Waals surface area contributed by atoms with E-state index < -0.39 is 43.0 Å². The molecule has 0 fully saturated rings. The maximum atomic E-state index is 11.6. The van der Waals surface area contributed by atoms with Crippen LogP contribution in [0.2, 0.25) is 0 Å². The zero-order chi connectivity index (χ0) is 47.0. The number of carboxylic acid groups (broad SMARTS) is 2. The summed E-state index contributed by atoms with van der Waals surface area (Å²) in [5, 5.41) is 29.3. The Morgan fingerprint density at radius 1 is 0.631 bits per heavy atom. The molecule has 19 nitrogen and oxygen atoms in total. The number of carbonyl (C=O) groups excluding carboxylic acids is 4. The van der Waals surface area contributed by atoms with Crippen LogP contribution in [-0.4, -0.2) is 95.8 Å². The number of amides is 2. The summed E-state index contributed by atoms with van der Waals surface area (Å²) in [5.74, 6) is -2.84. The first kappa shape index (κ1) is 82.2. The first-order chi connectivity index (χ1) is 28.1. The summed E-state index contributed by atoms with van der Waals surface area (Å²) in [4.78, 5) is 61.5. The van der Waals surface area contributed by atoms with Crippen molar-refractivity contribution in [1.29, 1.82) is 0 Å². The molecular formula is C42H74N2Na2O17S2. The van der Waals surface area contributed by atoms with Crippen LogP contribution in [0.25, 0.3) is 0 Å². The van der Waals surface area contributed by atoms with Crippen LogP contribution in [0.3, 0.4) is 0 Å². The van der Waals surface area contributed by atoms with Gasteiger partial charge < -0.3 is 50.1 Å². The Kier molecular flexibility index (Phi) is 67.8. The number of aliphatic carboxylic acids is 2. The number of unbranched alkanes of at least 4 members (excludes halogenated alkanes) is 10. The number of aromatic hydroxyl groups is 1. The van der Waals surface area contributed by atoms with Gasteiger partial charge in [0.1, 0.15) is 51.1 Å². The third-order valence-corrected chi connectivity index (χ3v) is 8.55. The molecule has 368 valence electrons. The van der Waals surface area contributed by atoms with Crippen LogP contribution in [0.15, 0.2) is 58.3 Å². The Balaban J connectivity index is -0.0000000965. The topological polar surface area (TPSA) is 342 Å². The molecule has 0 atom stereocenters. The van der Waals surface area contributed by atoms with Gasteiger partial charge in [-0.25, -0.2) is 21.6 Å². The van der Waals surface area contributed by atoms with Gasteiger partial charge in [-0.15, -0.1) is 0 Å². The molecule has 0 unspecified atom stereocenters. The summed E-state index contributed by atoms with van der Waals surface area (Å²) in [7, 11) is -8.91. The Bertz CT molecular complexity index is 1690. The van der Waals surface area contributed by atoms with Crippen molar-refractivity contribution in [2.45, 2.75) is 156 Å². The van der Waals surface area contributed by atoms with Crippen molar-refractivity contribution in [3.8, 4) is 11.5 Å². The van der Waals surface area contributed by atoms with E-state index in [1.807, 2.05) is 13.8 Å². The number of carbonyl (C=O) groups is 6. The molecule has 0 aliphatic carbocycles. The molecule has 23 heteroatoms. The van der Waals surface area contributed by atoms with Crippen LogP contribution in [0.1, 0.15) is 146 Å². The Hall–Kier alpha value is -2.96. The van der Waals surface area contributed by atoms with Crippen molar-refractivity contribution in [3.63, 3.8) is 0 Å². The van der Waals surface area contributed by atoms with Gasteiger partial charge in [-0.2, -0.15) is 0 Å². The fraction of sp³-hybridized carbons (Fsp3) is 0.571. The monoisotopic (exact) mass is 988 g/mol. The first-order valence-electron chi connectivity index (χ1n) is 19.5. The fourth-order valence-corrected chi connectivity index (χ4v) is 5.05. The van der Waals surface area contributed by atoms with E-state index >= 15 is 0 Å². The van der Waals surface area contributed by atoms with Crippen LogP contribution in [0, 0.1) is 0 Å². The van der Waals surface area contributed by atoms with Crippen LogP contribution in [0.4, 0.5) is 0 Å². The number of ether oxygens (including phenoxy) is 1. The van der Waals surface area contributed by atoms with Crippen molar-refractivity contribution in [2.75, 3.05) is 13.1 Å². The predicted molar refractivity (Wildman–Crippen MR) is 239 cm³/mol. The van der Waals surface area contributed by atoms with Crippen molar-refractivity contribution in [2.24, 2.45) is 0 Å². The Morgan fingerprint density at radius 2 is 0.923 bits per heavy atom. The van der Waals surface area contributed by atoms with E-state index in [1.54, 1.807) is 0 Å². The number of carboxylic acids is 2. The van der Waals surface area contributed by atoms with E-state index in [0.717, 1.165) is 81.7 Å². The number of esters is 1. The molecule has 0 saturated carbocycles. The zero-order valence-corrected chi connectivity index (χ0v) is 43.6. The van der Waals surface area contributed by atoms with Crippen molar-refractivity contribution < 1.29 is 139 Å². The van der Waals surface area contributed by atoms with Crippen LogP contribution >= 0.6 is 0 Å². The van der Waals surface area contributed by atoms with Crippen LogP contribution < -0.4 is 74.5 Å². The van der Waals surface area contributed by atoms with E-state index in [9.17, 15) is 45.1 Å². The minimum Gasteiger partial charge on any atom is -0.744 e. The molecule has 0 bridgehead atoms. The molecule has 0 heterocycles. The second-order valence-electron chi connectivity index (χ2n) is 12.1. The van der Waals surface area contributed by atoms with Gasteiger partial charge in [-0.1, -0.05) is 107 Å². The molecule has 2 aromatic rings. The molecule has 0 aliphatic heterocycles. The fourth-order valence-electron chi connectivity index (χ4n) is 4.11. The van der Waals surface area contributed by atoms with E-state index in [4.69, 9.17) is 29.6 Å². The largest absolute Gasteiger partial charge is 1.00 e. The summed E-state index contributed by atoms with van der Waals surface area (Å²) >= 11 is 0. The third kappa shape index (κ3) is 61.0. The van der Waals surface area contributed by atoms with Gasteiger partial charge in [-0.05, 0) is 68.3 Å². The number of aldehydes is 1. The van der Waals surface area contributed by atoms with E-state index in [1.165, 1.54) is 64.0 Å². The molecule has 2 amide bonds. The van der Waals surface area contributed by atoms with Gasteiger partial charge in [0.2, 0.25) is 11.8 Å². The molecule has 0 radical (unpaired) electrons. The molecule has 0 saturated heterocycles. The molecular weight excluding hydrogens is 915 g/mol. The van der Waals surface area contributed by atoms with E-state index in [-0.39, 0.29) is 121 Å². The van der Waals surface area contributed by atoms with E-state index in [2.05, 4.69) is 24.5 Å². The van der Waals surface area contributed by atoms with Gasteiger partial charge in [0.15, 0.2) is 0 Å². The number of hydrogen-bond donors (Lipinski definition) is 5. The normalized spacial score (nSPS) is 9.17. The molecule has 0 aromatic heterocycles. The van der Waals surface area contributed by atoms with Gasteiger partial charge in [-0.3, -0.25) is 19.2 Å². The summed E-state index contributed by atoms with van der Waals surface area (Å²) in [6.07, 6.45) is 14.8. The molecule has 0 aliphatic rings. The Labute approximate surface area is 432 Å². The molecule has 2 aromatic carbocycles. The first-order valence-corrected chi connectivity index (χ1v) is 22.3. The quantitative estimate of drug-likeness (QED) is 0.0282. The average Bonchev–Trinajstić information content (AvgIpc) is 3.17. The smallest absolute Gasteiger partial charge is 0.744 e. The minimum absolute atomic E-state index is 0. The number of benzene rings is 2. The number of nitrogens with one attached hydrogen (secondary N) is 2. The molecule has 0 spiro atoms. The SMILES string of the molecule is C.C.CC.CC(=O)O.CC=O.CCCCCCCCC(=O)NCC(=O)O.CCCCCCCCC(=O)NCC(=O)Oc1ccc(S(=O)(=O)[O-])cc1.O.O=S(=O)([O-])c1ccc(O)cc1.[Na+].[Na+]. The van der Waals surface area contributed by atoms with Crippen molar-refractivity contribution in [1.82, 2.24) is 10.6 Å². The second-order valence-corrected chi connectivity index (χ2v) is 14.8. The number of hydrogen-bond acceptors (Lipinski definition) is 14. The summed E-state index contributed by atoms with van der Waals surface area (Å²) in [6.45, 7) is 10.3. The number of rotatable bonds is 21. The van der Waals surface area contributed by atoms with Gasteiger partial charge in [0, 0.05) is 19.8 Å². The number of phenols is 1. The van der Waals surface area contributed by atoms with Crippen molar-refractivity contribution >= 4 is 56.2 Å². The molecule has 7 N–H and O–H groups in total. The average molecular weight is 989 g/mol. The summed E-state index contributed by atoms with van der Waals surface area (Å²) in [5.41, 5.74) is 0. The molecule has 65 heavy (non-hydrogen) atoms. The predicted octanol–water partition coefficient (Wildman–Crippen LogP) is 0.375. The zero-order valence-electron chi connectivity index (χ0n) is 38.0. The maximum absolute atomic E-state index is 11.6. The Morgan fingerprint density at radius 3 is 1.23 bits per heavy atom. The van der Waals surface area contributed by atoms with Crippen LogP contribution in [0.5, 0.6) is 11.5 Å². The van der Waals surface area contributed by atoms with Gasteiger partial charge in [0.05, 0.1) is 9.79 Å². The second kappa shape index (κ2) is 53.7. The summed E-state index contributed by atoms with van der Waals surface area (Å²) < 4.78 is 68.3. The van der Waals surface area contributed by atoms with Gasteiger partial charge in [0.25, 0.3) is 5.97 Å². The van der Waals surface area contributed by atoms with Gasteiger partial charge >= 0.3 is 71.1 Å². The summed E-state index contributed by atoms with van der Waals surface area (Å²) in [6, 6.07) is 8.93. The van der Waals surface area contributed by atoms with Crippen molar-refractivity contribution in [3.05, 3.63) is 48.5 Å². The standard InChI is InChI=1S/C17H25NO6S.C11H21NO3.C6H6O4S.C2H4O2.C2H4O.C2H6.2CH4.2Na.H2O/c1-2-3-4-5-6-7-8-16(19)18-13-17(20)24-14-9-11-15(12-10-14)25(21,22)23;1-2-3-4-5-6-7-8-10(13)12-9-11(14)15;7-5-1-3-6(4-2-5)11(8,9)10;1-2(3)4;1-2-3;1-2;;;;;/h9-12H,2-8,13H2,1H3,(H,18,19)(H,21,22,23);2-9H2,1H3,(H,12,13)(H,14,15);1-4,7H,(H,8,9,10);1H3,(H,3,4);2H,1H3;1-2H3;2*1H4;;;1H2/q;;;;;;;;2*+1;/p-2. The molecule has 2 rings (SSSR count). The minimum atomic E-state index is -4.53. The maximum Gasteiger partial charge on any atom is 1.00 e.